The summed E-state index contributed by atoms with van der Waals surface area (Å²) in [5.41, 5.74) is 2.60. The molecule has 6 heteroatoms. The maximum Gasteiger partial charge on any atom is 0.255 e. The summed E-state index contributed by atoms with van der Waals surface area (Å²) < 4.78 is 20.6. The number of carbonyl (C=O) groups is 1. The fraction of sp³-hybridized carbons (Fsp3) is 0.158. The van der Waals surface area contributed by atoms with Crippen LogP contribution in [0.15, 0.2) is 48.5 Å². The molecule has 128 valence electrons. The third-order valence-corrected chi connectivity index (χ3v) is 3.70. The smallest absolute Gasteiger partial charge is 0.255 e. The van der Waals surface area contributed by atoms with Gasteiger partial charge in [0.25, 0.3) is 5.91 Å². The Morgan fingerprint density at radius 3 is 2.64 bits per heavy atom. The average molecular weight is 339 g/mol. The van der Waals surface area contributed by atoms with Crippen molar-refractivity contribution in [3.63, 3.8) is 0 Å². The Morgan fingerprint density at radius 2 is 1.92 bits per heavy atom. The monoisotopic (exact) mass is 339 g/mol. The fourth-order valence-corrected chi connectivity index (χ4v) is 2.51. The van der Waals surface area contributed by atoms with E-state index < -0.39 is 5.82 Å². The minimum Gasteiger partial charge on any atom is -0.437 e. The second-order valence-corrected chi connectivity index (χ2v) is 5.77. The zero-order chi connectivity index (χ0) is 18.0. The highest BCUT2D eigenvalue weighted by Gasteiger charge is 2.19. The zero-order valence-corrected chi connectivity index (χ0v) is 14.2. The molecule has 25 heavy (non-hydrogen) atoms. The molecule has 0 radical (unpaired) electrons. The summed E-state index contributed by atoms with van der Waals surface area (Å²) in [5, 5.41) is 7.11. The third-order valence-electron chi connectivity index (χ3n) is 3.70. The van der Waals surface area contributed by atoms with Crippen molar-refractivity contribution in [3.05, 3.63) is 71.2 Å². The van der Waals surface area contributed by atoms with Crippen LogP contribution >= 0.6 is 0 Å². The first kappa shape index (κ1) is 16.7. The number of amides is 1. The first-order valence-electron chi connectivity index (χ1n) is 7.79. The maximum absolute atomic E-state index is 13.4. The van der Waals surface area contributed by atoms with Gasteiger partial charge in [0, 0.05) is 18.7 Å². The minimum atomic E-state index is -0.401. The molecule has 1 heterocycles. The highest BCUT2D eigenvalue weighted by molar-refractivity contribution is 6.05. The number of hydrogen-bond acceptors (Lipinski definition) is 3. The summed E-state index contributed by atoms with van der Waals surface area (Å²) in [6, 6.07) is 13.1. The molecule has 0 atom stereocenters. The van der Waals surface area contributed by atoms with Crippen LogP contribution in [0.4, 0.5) is 10.1 Å². The molecule has 0 aliphatic rings. The van der Waals surface area contributed by atoms with Crippen LogP contribution in [0.1, 0.15) is 21.6 Å². The molecule has 0 aliphatic carbocycles. The van der Waals surface area contributed by atoms with Crippen LogP contribution in [0.25, 0.3) is 0 Å². The van der Waals surface area contributed by atoms with Crippen LogP contribution < -0.4 is 10.1 Å². The quantitative estimate of drug-likeness (QED) is 0.774. The summed E-state index contributed by atoms with van der Waals surface area (Å²) in [6.07, 6.45) is 0. The van der Waals surface area contributed by atoms with Gasteiger partial charge in [-0.1, -0.05) is 23.8 Å². The molecular weight excluding hydrogens is 321 g/mol. The molecular formula is C19H18FN3O2. The van der Waals surface area contributed by atoms with Crippen molar-refractivity contribution in [2.75, 3.05) is 5.32 Å². The van der Waals surface area contributed by atoms with E-state index in [0.717, 1.165) is 5.56 Å². The van der Waals surface area contributed by atoms with Crippen LogP contribution in [0.2, 0.25) is 0 Å². The van der Waals surface area contributed by atoms with Gasteiger partial charge >= 0.3 is 0 Å². The predicted molar refractivity (Wildman–Crippen MR) is 93.6 cm³/mol. The van der Waals surface area contributed by atoms with Crippen LogP contribution in [0.5, 0.6) is 11.6 Å². The highest BCUT2D eigenvalue weighted by Crippen LogP contribution is 2.32. The molecule has 0 bridgehead atoms. The first-order chi connectivity index (χ1) is 11.9. The molecule has 1 amide bonds. The van der Waals surface area contributed by atoms with E-state index in [9.17, 15) is 9.18 Å². The van der Waals surface area contributed by atoms with E-state index in [4.69, 9.17) is 4.74 Å². The van der Waals surface area contributed by atoms with Gasteiger partial charge in [-0.2, -0.15) is 5.10 Å². The van der Waals surface area contributed by atoms with E-state index in [-0.39, 0.29) is 5.91 Å². The number of aryl methyl sites for hydroxylation is 3. The van der Waals surface area contributed by atoms with E-state index in [1.54, 1.807) is 38.2 Å². The largest absolute Gasteiger partial charge is 0.437 e. The van der Waals surface area contributed by atoms with Gasteiger partial charge in [-0.05, 0) is 38.1 Å². The number of rotatable bonds is 4. The molecule has 5 nitrogen and oxygen atoms in total. The van der Waals surface area contributed by atoms with Crippen molar-refractivity contribution in [2.45, 2.75) is 13.8 Å². The lowest BCUT2D eigenvalue weighted by Gasteiger charge is -2.10. The number of carbonyl (C=O) groups excluding carboxylic acids is 1. The Balaban J connectivity index is 1.90. The number of benzene rings is 2. The SMILES string of the molecule is Cc1cccc(C(=O)Nc2c(C)nn(C)c2Oc2cccc(F)c2)c1. The minimum absolute atomic E-state index is 0.260. The van der Waals surface area contributed by atoms with Crippen molar-refractivity contribution in [1.82, 2.24) is 9.78 Å². The summed E-state index contributed by atoms with van der Waals surface area (Å²) in [6.45, 7) is 3.69. The van der Waals surface area contributed by atoms with Gasteiger partial charge < -0.3 is 10.1 Å². The molecule has 1 aromatic heterocycles. The Bertz CT molecular complexity index is 934. The van der Waals surface area contributed by atoms with Gasteiger partial charge in [-0.15, -0.1) is 0 Å². The number of hydrogen-bond donors (Lipinski definition) is 1. The number of anilines is 1. The van der Waals surface area contributed by atoms with Crippen LogP contribution in [-0.2, 0) is 7.05 Å². The Morgan fingerprint density at radius 1 is 1.16 bits per heavy atom. The summed E-state index contributed by atoms with van der Waals surface area (Å²) >= 11 is 0. The summed E-state index contributed by atoms with van der Waals surface area (Å²) in [7, 11) is 1.70. The Hall–Kier alpha value is -3.15. The summed E-state index contributed by atoms with van der Waals surface area (Å²) in [4.78, 5) is 12.5. The summed E-state index contributed by atoms with van der Waals surface area (Å²) in [5.74, 6) is 0.00351. The van der Waals surface area contributed by atoms with Crippen LogP contribution in [-0.4, -0.2) is 15.7 Å². The van der Waals surface area contributed by atoms with Gasteiger partial charge in [-0.3, -0.25) is 4.79 Å². The molecule has 0 unspecified atom stereocenters. The van der Waals surface area contributed by atoms with Gasteiger partial charge in [-0.25, -0.2) is 9.07 Å². The molecule has 0 fully saturated rings. The number of halogens is 1. The third kappa shape index (κ3) is 3.68. The lowest BCUT2D eigenvalue weighted by molar-refractivity contribution is 0.102. The zero-order valence-electron chi connectivity index (χ0n) is 14.2. The predicted octanol–water partition coefficient (Wildman–Crippen LogP) is 4.22. The molecule has 1 N–H and O–H groups in total. The van der Waals surface area contributed by atoms with E-state index in [1.807, 2.05) is 19.1 Å². The number of aromatic nitrogens is 2. The van der Waals surface area contributed by atoms with E-state index in [0.29, 0.717) is 28.6 Å². The van der Waals surface area contributed by atoms with Crippen LogP contribution in [0.3, 0.4) is 0 Å². The first-order valence-corrected chi connectivity index (χ1v) is 7.79. The van der Waals surface area contributed by atoms with E-state index in [2.05, 4.69) is 10.4 Å². The molecule has 0 aliphatic heterocycles. The standard InChI is InChI=1S/C19H18FN3O2/c1-12-6-4-7-14(10-12)18(24)21-17-13(2)22-23(3)19(17)25-16-9-5-8-15(20)11-16/h4-11H,1-3H3,(H,21,24). The molecule has 0 saturated carbocycles. The van der Waals surface area contributed by atoms with E-state index >= 15 is 0 Å². The van der Waals surface area contributed by atoms with Crippen molar-refractivity contribution >= 4 is 11.6 Å². The average Bonchev–Trinajstić information content (AvgIpc) is 2.82. The maximum atomic E-state index is 13.4. The molecule has 3 aromatic rings. The lowest BCUT2D eigenvalue weighted by Crippen LogP contribution is -2.13. The molecule has 0 saturated heterocycles. The topological polar surface area (TPSA) is 56.2 Å². The van der Waals surface area contributed by atoms with Gasteiger partial charge in [0.1, 0.15) is 17.3 Å². The second-order valence-electron chi connectivity index (χ2n) is 5.77. The second kappa shape index (κ2) is 6.76. The van der Waals surface area contributed by atoms with Gasteiger partial charge in [0.05, 0.1) is 5.69 Å². The Labute approximate surface area is 145 Å². The number of nitrogens with one attached hydrogen (secondary N) is 1. The lowest BCUT2D eigenvalue weighted by atomic mass is 10.1. The Kier molecular flexibility index (Phi) is 4.52. The van der Waals surface area contributed by atoms with Crippen molar-refractivity contribution in [1.29, 1.82) is 0 Å². The van der Waals surface area contributed by atoms with Crippen molar-refractivity contribution in [3.8, 4) is 11.6 Å². The number of nitrogens with zero attached hydrogens (tertiary/aromatic N) is 2. The number of ether oxygens (including phenoxy) is 1. The fourth-order valence-electron chi connectivity index (χ4n) is 2.51. The van der Waals surface area contributed by atoms with Gasteiger partial charge in [0.15, 0.2) is 0 Å². The van der Waals surface area contributed by atoms with Gasteiger partial charge in [0.2, 0.25) is 5.88 Å². The normalized spacial score (nSPS) is 10.6. The molecule has 3 rings (SSSR count). The van der Waals surface area contributed by atoms with Crippen molar-refractivity contribution < 1.29 is 13.9 Å². The van der Waals surface area contributed by atoms with E-state index in [1.165, 1.54) is 16.8 Å². The van der Waals surface area contributed by atoms with Crippen molar-refractivity contribution in [2.24, 2.45) is 7.05 Å². The molecule has 0 spiro atoms. The molecule has 2 aromatic carbocycles. The van der Waals surface area contributed by atoms with Crippen LogP contribution in [0, 0.1) is 19.7 Å². The highest BCUT2D eigenvalue weighted by atomic mass is 19.1.